The Kier molecular flexibility index (Phi) is 18.2. The van der Waals surface area contributed by atoms with Crippen LogP contribution in [0.15, 0.2) is 0 Å². The number of rotatable bonds is 20. The van der Waals surface area contributed by atoms with Gasteiger partial charge in [-0.3, -0.25) is 0 Å². The van der Waals surface area contributed by atoms with E-state index < -0.39 is 5.97 Å². The third-order valence-electron chi connectivity index (χ3n) is 4.98. The second-order valence-electron chi connectivity index (χ2n) is 7.62. The first-order valence-corrected chi connectivity index (χ1v) is 11.6. The van der Waals surface area contributed by atoms with Crippen LogP contribution in [0.5, 0.6) is 0 Å². The molecule has 0 aromatic carbocycles. The van der Waals surface area contributed by atoms with E-state index in [1.54, 1.807) is 0 Å². The van der Waals surface area contributed by atoms with Gasteiger partial charge in [0.2, 0.25) is 0 Å². The molecule has 0 radical (unpaired) electrons. The summed E-state index contributed by atoms with van der Waals surface area (Å²) >= 11 is 0. The van der Waals surface area contributed by atoms with Gasteiger partial charge in [-0.15, -0.1) is 0 Å². The molecule has 0 saturated heterocycles. The smallest absolute Gasteiger partial charge is 0.282 e. The molecule has 26 heavy (non-hydrogen) atoms. The summed E-state index contributed by atoms with van der Waals surface area (Å²) in [6, 6.07) is 0. The van der Waals surface area contributed by atoms with E-state index in [0.717, 1.165) is 77.1 Å². The molecule has 0 bridgehead atoms. The van der Waals surface area contributed by atoms with Crippen molar-refractivity contribution >= 4 is 0 Å². The van der Waals surface area contributed by atoms with Crippen LogP contribution < -0.4 is 0 Å². The maximum Gasteiger partial charge on any atom is 0.282 e. The number of ether oxygens (including phenoxy) is 3. The van der Waals surface area contributed by atoms with Crippen LogP contribution in [0.2, 0.25) is 0 Å². The first kappa shape index (κ1) is 25.9. The second kappa shape index (κ2) is 18.3. The highest BCUT2D eigenvalue weighted by molar-refractivity contribution is 4.66. The van der Waals surface area contributed by atoms with Gasteiger partial charge in [0.05, 0.1) is 19.8 Å². The molecule has 0 amide bonds. The van der Waals surface area contributed by atoms with Gasteiger partial charge in [0.15, 0.2) is 0 Å². The SMILES string of the molecule is CCCCOC(CCC(CCC)CCCC)(OCCCC)OCCCC. The van der Waals surface area contributed by atoms with Crippen molar-refractivity contribution in [3.05, 3.63) is 0 Å². The van der Waals surface area contributed by atoms with Crippen molar-refractivity contribution in [2.45, 2.75) is 124 Å². The van der Waals surface area contributed by atoms with E-state index >= 15 is 0 Å². The first-order chi connectivity index (χ1) is 12.7. The standard InChI is InChI=1S/C23H48O3/c1-6-11-16-22(15-10-5)17-18-23(24-19-12-7-2,25-20-13-8-3)26-21-14-9-4/h22H,6-21H2,1-5H3. The zero-order chi connectivity index (χ0) is 19.5. The van der Waals surface area contributed by atoms with Crippen molar-refractivity contribution in [3.63, 3.8) is 0 Å². The van der Waals surface area contributed by atoms with Crippen molar-refractivity contribution < 1.29 is 14.2 Å². The largest absolute Gasteiger partial charge is 0.327 e. The van der Waals surface area contributed by atoms with E-state index in [-0.39, 0.29) is 0 Å². The van der Waals surface area contributed by atoms with E-state index in [4.69, 9.17) is 14.2 Å². The fourth-order valence-electron chi connectivity index (χ4n) is 3.17. The summed E-state index contributed by atoms with van der Waals surface area (Å²) in [4.78, 5) is 0. The first-order valence-electron chi connectivity index (χ1n) is 11.6. The summed E-state index contributed by atoms with van der Waals surface area (Å²) in [6.45, 7) is 13.3. The minimum Gasteiger partial charge on any atom is -0.327 e. The molecule has 3 nitrogen and oxygen atoms in total. The van der Waals surface area contributed by atoms with Crippen molar-refractivity contribution in [3.8, 4) is 0 Å². The predicted octanol–water partition coefficient (Wildman–Crippen LogP) is 7.48. The molecule has 0 saturated carbocycles. The fourth-order valence-corrected chi connectivity index (χ4v) is 3.17. The van der Waals surface area contributed by atoms with E-state index in [1.165, 1.54) is 32.1 Å². The van der Waals surface area contributed by atoms with Crippen LogP contribution in [0.3, 0.4) is 0 Å². The molecule has 0 heterocycles. The third-order valence-corrected chi connectivity index (χ3v) is 4.98. The van der Waals surface area contributed by atoms with E-state index in [1.807, 2.05) is 0 Å². The quantitative estimate of drug-likeness (QED) is 0.164. The summed E-state index contributed by atoms with van der Waals surface area (Å²) in [5.41, 5.74) is 0. The maximum absolute atomic E-state index is 6.25. The van der Waals surface area contributed by atoms with Gasteiger partial charge in [-0.1, -0.05) is 86.0 Å². The van der Waals surface area contributed by atoms with E-state index in [0.29, 0.717) is 0 Å². The third kappa shape index (κ3) is 13.1. The molecule has 0 aliphatic heterocycles. The predicted molar refractivity (Wildman–Crippen MR) is 112 cm³/mol. The van der Waals surface area contributed by atoms with Crippen LogP contribution in [0.1, 0.15) is 118 Å². The molecule has 0 aliphatic rings. The normalized spacial score (nSPS) is 13.3. The minimum absolute atomic E-state index is 0.724. The van der Waals surface area contributed by atoms with Crippen LogP contribution in [0.4, 0.5) is 0 Å². The summed E-state index contributed by atoms with van der Waals surface area (Å²) in [5, 5.41) is 0. The van der Waals surface area contributed by atoms with Gasteiger partial charge in [-0.25, -0.2) is 0 Å². The zero-order valence-electron chi connectivity index (χ0n) is 18.6. The Balaban J connectivity index is 4.91. The van der Waals surface area contributed by atoms with Crippen molar-refractivity contribution in [2.75, 3.05) is 19.8 Å². The van der Waals surface area contributed by atoms with Crippen LogP contribution in [-0.4, -0.2) is 25.8 Å². The fraction of sp³-hybridized carbons (Fsp3) is 1.00. The Morgan fingerprint density at radius 1 is 0.538 bits per heavy atom. The maximum atomic E-state index is 6.25. The highest BCUT2D eigenvalue weighted by Gasteiger charge is 2.34. The molecule has 1 atom stereocenters. The van der Waals surface area contributed by atoms with Crippen molar-refractivity contribution in [1.82, 2.24) is 0 Å². The molecule has 0 aliphatic carbocycles. The molecule has 0 aromatic heterocycles. The summed E-state index contributed by atoms with van der Waals surface area (Å²) in [7, 11) is 0. The number of unbranched alkanes of at least 4 members (excludes halogenated alkanes) is 4. The molecule has 3 heteroatoms. The molecule has 1 unspecified atom stereocenters. The Morgan fingerprint density at radius 2 is 1.00 bits per heavy atom. The number of hydrogen-bond acceptors (Lipinski definition) is 3. The lowest BCUT2D eigenvalue weighted by Gasteiger charge is -2.35. The molecular weight excluding hydrogens is 324 g/mol. The van der Waals surface area contributed by atoms with Crippen LogP contribution >= 0.6 is 0 Å². The molecular formula is C23H48O3. The number of hydrogen-bond donors (Lipinski definition) is 0. The topological polar surface area (TPSA) is 27.7 Å². The molecule has 0 fully saturated rings. The van der Waals surface area contributed by atoms with Gasteiger partial charge in [0.1, 0.15) is 0 Å². The van der Waals surface area contributed by atoms with Gasteiger partial charge in [-0.2, -0.15) is 0 Å². The lowest BCUT2D eigenvalue weighted by molar-refractivity contribution is -0.385. The Bertz CT molecular complexity index is 254. The summed E-state index contributed by atoms with van der Waals surface area (Å²) in [5.74, 6) is -0.0591. The van der Waals surface area contributed by atoms with Crippen LogP contribution in [0.25, 0.3) is 0 Å². The summed E-state index contributed by atoms with van der Waals surface area (Å²) < 4.78 is 18.8. The molecule has 0 N–H and O–H groups in total. The highest BCUT2D eigenvalue weighted by atomic mass is 16.9. The Labute approximate surface area is 164 Å². The molecule has 0 spiro atoms. The van der Waals surface area contributed by atoms with Gasteiger partial charge >= 0.3 is 0 Å². The monoisotopic (exact) mass is 372 g/mol. The Morgan fingerprint density at radius 3 is 1.38 bits per heavy atom. The van der Waals surface area contributed by atoms with Crippen LogP contribution in [0, 0.1) is 5.92 Å². The van der Waals surface area contributed by atoms with Gasteiger partial charge < -0.3 is 14.2 Å². The zero-order valence-corrected chi connectivity index (χ0v) is 18.6. The average molecular weight is 373 g/mol. The second-order valence-corrected chi connectivity index (χ2v) is 7.62. The highest BCUT2D eigenvalue weighted by Crippen LogP contribution is 2.29. The lowest BCUT2D eigenvalue weighted by atomic mass is 9.92. The van der Waals surface area contributed by atoms with E-state index in [2.05, 4.69) is 34.6 Å². The van der Waals surface area contributed by atoms with Crippen molar-refractivity contribution in [1.29, 1.82) is 0 Å². The minimum atomic E-state index is -0.822. The van der Waals surface area contributed by atoms with Gasteiger partial charge in [-0.05, 0) is 31.6 Å². The van der Waals surface area contributed by atoms with Gasteiger partial charge in [0.25, 0.3) is 5.97 Å². The lowest BCUT2D eigenvalue weighted by Crippen LogP contribution is -2.41. The average Bonchev–Trinajstić information content (AvgIpc) is 2.64. The summed E-state index contributed by atoms with van der Waals surface area (Å²) in [6.07, 6.45) is 15.0. The molecule has 0 rings (SSSR count). The molecule has 0 aromatic rings. The van der Waals surface area contributed by atoms with E-state index in [9.17, 15) is 0 Å². The van der Waals surface area contributed by atoms with Crippen molar-refractivity contribution in [2.24, 2.45) is 5.92 Å². The van der Waals surface area contributed by atoms with Gasteiger partial charge in [0, 0.05) is 6.42 Å². The van der Waals surface area contributed by atoms with Crippen LogP contribution in [-0.2, 0) is 14.2 Å². The molecule has 158 valence electrons. The Hall–Kier alpha value is -0.120.